The normalized spacial score (nSPS) is 10.9. The van der Waals surface area contributed by atoms with Crippen LogP contribution in [0.2, 0.25) is 0 Å². The number of thiazole rings is 1. The van der Waals surface area contributed by atoms with Crippen LogP contribution in [0.3, 0.4) is 0 Å². The summed E-state index contributed by atoms with van der Waals surface area (Å²) in [5.74, 6) is 0. The zero-order chi connectivity index (χ0) is 11.8. The van der Waals surface area contributed by atoms with E-state index >= 15 is 0 Å². The van der Waals surface area contributed by atoms with Gasteiger partial charge in [-0.3, -0.25) is 4.98 Å². The topological polar surface area (TPSA) is 51.8 Å². The summed E-state index contributed by atoms with van der Waals surface area (Å²) in [4.78, 5) is 9.37. The Hall–Kier alpha value is -1.94. The van der Waals surface area contributed by atoms with Gasteiger partial charge >= 0.3 is 0 Å². The lowest BCUT2D eigenvalue weighted by Gasteiger charge is -2.03. The van der Waals surface area contributed by atoms with Gasteiger partial charge in [0, 0.05) is 24.0 Å². The Kier molecular flexibility index (Phi) is 2.30. The van der Waals surface area contributed by atoms with Gasteiger partial charge in [0.15, 0.2) is 5.13 Å². The van der Waals surface area contributed by atoms with E-state index in [2.05, 4.69) is 35.1 Å². The summed E-state index contributed by atoms with van der Waals surface area (Å²) in [6, 6.07) is 6.33. The molecule has 0 atom stereocenters. The van der Waals surface area contributed by atoms with Crippen LogP contribution in [-0.4, -0.2) is 9.97 Å². The minimum absolute atomic E-state index is 0.603. The van der Waals surface area contributed by atoms with Crippen molar-refractivity contribution in [1.29, 1.82) is 0 Å². The van der Waals surface area contributed by atoms with Gasteiger partial charge in [-0.2, -0.15) is 0 Å². The number of nitrogens with two attached hydrogens (primary N) is 1. The molecule has 2 N–H and O–H groups in total. The number of nitrogen functional groups attached to an aromatic ring is 1. The van der Waals surface area contributed by atoms with Gasteiger partial charge < -0.3 is 5.73 Å². The zero-order valence-electron chi connectivity index (χ0n) is 9.34. The van der Waals surface area contributed by atoms with Gasteiger partial charge in [0.05, 0.1) is 4.88 Å². The summed E-state index contributed by atoms with van der Waals surface area (Å²) in [5, 5.41) is 2.99. The van der Waals surface area contributed by atoms with Gasteiger partial charge in [0.2, 0.25) is 0 Å². The first-order chi connectivity index (χ1) is 8.24. The number of rotatable bonds is 1. The van der Waals surface area contributed by atoms with Crippen molar-refractivity contribution in [2.75, 3.05) is 5.73 Å². The molecule has 2 aromatic heterocycles. The quantitative estimate of drug-likeness (QED) is 0.711. The van der Waals surface area contributed by atoms with Gasteiger partial charge in [-0.15, -0.1) is 0 Å². The highest BCUT2D eigenvalue weighted by molar-refractivity contribution is 7.18. The van der Waals surface area contributed by atoms with Gasteiger partial charge in [-0.05, 0) is 29.5 Å². The molecule has 0 aliphatic rings. The highest BCUT2D eigenvalue weighted by Gasteiger charge is 2.04. The molecule has 17 heavy (non-hydrogen) atoms. The highest BCUT2D eigenvalue weighted by Crippen LogP contribution is 2.30. The second kappa shape index (κ2) is 3.82. The van der Waals surface area contributed by atoms with Crippen molar-refractivity contribution < 1.29 is 0 Å². The van der Waals surface area contributed by atoms with Crippen molar-refractivity contribution >= 4 is 27.2 Å². The molecule has 0 amide bonds. The first-order valence-corrected chi connectivity index (χ1v) is 6.12. The Morgan fingerprint density at radius 3 is 2.82 bits per heavy atom. The second-order valence-electron chi connectivity index (χ2n) is 3.96. The number of nitrogens with zero attached hydrogens (tertiary/aromatic N) is 2. The third-order valence-electron chi connectivity index (χ3n) is 2.77. The fourth-order valence-corrected chi connectivity index (χ4v) is 2.56. The molecular formula is C13H11N3S. The average Bonchev–Trinajstić information content (AvgIpc) is 2.76. The lowest BCUT2D eigenvalue weighted by Crippen LogP contribution is -1.82. The molecule has 0 bridgehead atoms. The van der Waals surface area contributed by atoms with Crippen molar-refractivity contribution in [2.45, 2.75) is 6.92 Å². The van der Waals surface area contributed by atoms with Crippen LogP contribution in [0.1, 0.15) is 5.56 Å². The minimum Gasteiger partial charge on any atom is -0.375 e. The van der Waals surface area contributed by atoms with Gasteiger partial charge in [-0.25, -0.2) is 4.98 Å². The average molecular weight is 241 g/mol. The molecule has 0 saturated carbocycles. The van der Waals surface area contributed by atoms with E-state index in [0.717, 1.165) is 15.8 Å². The Bertz CT molecular complexity index is 688. The van der Waals surface area contributed by atoms with E-state index in [9.17, 15) is 0 Å². The number of fused-ring (bicyclic) bond motifs is 1. The molecular weight excluding hydrogens is 230 g/mol. The van der Waals surface area contributed by atoms with E-state index in [1.54, 1.807) is 0 Å². The maximum Gasteiger partial charge on any atom is 0.180 e. The summed E-state index contributed by atoms with van der Waals surface area (Å²) < 4.78 is 0. The van der Waals surface area contributed by atoms with Crippen LogP contribution in [0, 0.1) is 6.92 Å². The lowest BCUT2D eigenvalue weighted by molar-refractivity contribution is 1.31. The van der Waals surface area contributed by atoms with E-state index in [1.165, 1.54) is 22.3 Å². The van der Waals surface area contributed by atoms with Crippen LogP contribution in [0.5, 0.6) is 0 Å². The van der Waals surface area contributed by atoms with Gasteiger partial charge in [0.1, 0.15) is 0 Å². The van der Waals surface area contributed by atoms with Crippen LogP contribution >= 0.6 is 11.3 Å². The number of hydrogen-bond donors (Lipinski definition) is 1. The largest absolute Gasteiger partial charge is 0.375 e. The predicted molar refractivity (Wildman–Crippen MR) is 72.0 cm³/mol. The van der Waals surface area contributed by atoms with E-state index in [1.807, 2.05) is 18.6 Å². The molecule has 4 heteroatoms. The van der Waals surface area contributed by atoms with E-state index in [0.29, 0.717) is 5.13 Å². The maximum absolute atomic E-state index is 5.66. The van der Waals surface area contributed by atoms with E-state index in [-0.39, 0.29) is 0 Å². The van der Waals surface area contributed by atoms with Crippen LogP contribution in [0.15, 0.2) is 36.8 Å². The molecule has 0 fully saturated rings. The molecule has 84 valence electrons. The molecule has 3 aromatic rings. The molecule has 0 saturated heterocycles. The SMILES string of the molecule is Cc1cncc2ccc(-c3cnc(N)s3)cc12. The lowest BCUT2D eigenvalue weighted by atomic mass is 10.1. The summed E-state index contributed by atoms with van der Waals surface area (Å²) >= 11 is 1.51. The van der Waals surface area contributed by atoms with Gasteiger partial charge in [-0.1, -0.05) is 23.5 Å². The third-order valence-corrected chi connectivity index (χ3v) is 3.64. The minimum atomic E-state index is 0.603. The number of aryl methyl sites for hydroxylation is 1. The fourth-order valence-electron chi connectivity index (χ4n) is 1.88. The molecule has 0 unspecified atom stereocenters. The number of benzene rings is 1. The smallest absolute Gasteiger partial charge is 0.180 e. The summed E-state index contributed by atoms with van der Waals surface area (Å²) in [6.45, 7) is 2.07. The van der Waals surface area contributed by atoms with Crippen LogP contribution in [0.25, 0.3) is 21.2 Å². The first kappa shape index (κ1) is 10.2. The fraction of sp³-hybridized carbons (Fsp3) is 0.0769. The molecule has 0 radical (unpaired) electrons. The van der Waals surface area contributed by atoms with Crippen LogP contribution in [0.4, 0.5) is 5.13 Å². The summed E-state index contributed by atoms with van der Waals surface area (Å²) in [5.41, 5.74) is 7.99. The van der Waals surface area contributed by atoms with Crippen molar-refractivity contribution in [3.63, 3.8) is 0 Å². The molecule has 0 spiro atoms. The number of aromatic nitrogens is 2. The van der Waals surface area contributed by atoms with E-state index in [4.69, 9.17) is 5.73 Å². The molecule has 2 heterocycles. The second-order valence-corrected chi connectivity index (χ2v) is 5.02. The molecule has 1 aromatic carbocycles. The number of hydrogen-bond acceptors (Lipinski definition) is 4. The molecule has 3 rings (SSSR count). The van der Waals surface area contributed by atoms with Crippen LogP contribution in [-0.2, 0) is 0 Å². The third kappa shape index (κ3) is 1.76. The first-order valence-electron chi connectivity index (χ1n) is 5.30. The number of pyridine rings is 1. The van der Waals surface area contributed by atoms with Crippen molar-refractivity contribution in [3.05, 3.63) is 42.4 Å². The summed E-state index contributed by atoms with van der Waals surface area (Å²) in [7, 11) is 0. The van der Waals surface area contributed by atoms with Crippen molar-refractivity contribution in [2.24, 2.45) is 0 Å². The molecule has 0 aliphatic heterocycles. The Balaban J connectivity index is 2.22. The van der Waals surface area contributed by atoms with Gasteiger partial charge in [0.25, 0.3) is 0 Å². The number of anilines is 1. The van der Waals surface area contributed by atoms with Crippen molar-refractivity contribution in [1.82, 2.24) is 9.97 Å². The zero-order valence-corrected chi connectivity index (χ0v) is 10.2. The maximum atomic E-state index is 5.66. The van der Waals surface area contributed by atoms with Crippen LogP contribution < -0.4 is 5.73 Å². The highest BCUT2D eigenvalue weighted by atomic mass is 32.1. The predicted octanol–water partition coefficient (Wildman–Crippen LogP) is 3.25. The molecule has 0 aliphatic carbocycles. The monoisotopic (exact) mass is 241 g/mol. The standard InChI is InChI=1S/C13H11N3S/c1-8-5-15-6-10-3-2-9(4-11(8)10)12-7-16-13(14)17-12/h2-7H,1H3,(H2,14,16). The Morgan fingerprint density at radius 2 is 2.06 bits per heavy atom. The summed E-state index contributed by atoms with van der Waals surface area (Å²) in [6.07, 6.45) is 5.58. The van der Waals surface area contributed by atoms with Crippen molar-refractivity contribution in [3.8, 4) is 10.4 Å². The Morgan fingerprint density at radius 1 is 1.18 bits per heavy atom. The van der Waals surface area contributed by atoms with E-state index < -0.39 is 0 Å². The Labute approximate surface area is 103 Å². The molecule has 3 nitrogen and oxygen atoms in total.